The van der Waals surface area contributed by atoms with Gasteiger partial charge in [0, 0.05) is 6.42 Å². The molecule has 0 amide bonds. The minimum atomic E-state index is -1.38. The van der Waals surface area contributed by atoms with Gasteiger partial charge in [0.05, 0.1) is 0 Å². The maximum Gasteiger partial charge on any atom is 0.303 e. The summed E-state index contributed by atoms with van der Waals surface area (Å²) in [6.07, 6.45) is 4.41. The Balaban J connectivity index is 3.13. The number of unbranched alkanes of at least 4 members (excludes halogenated alkanes) is 3. The van der Waals surface area contributed by atoms with Crippen LogP contribution in [0.3, 0.4) is 0 Å². The molecule has 0 aliphatic carbocycles. The number of hydrogen-bond acceptors (Lipinski definition) is 1. The van der Waals surface area contributed by atoms with Crippen LogP contribution in [0.2, 0.25) is 19.1 Å². The van der Waals surface area contributed by atoms with E-state index in [4.69, 9.17) is 16.2 Å². The van der Waals surface area contributed by atoms with E-state index in [1.807, 2.05) is 0 Å². The predicted molar refractivity (Wildman–Crippen MR) is 58.9 cm³/mol. The summed E-state index contributed by atoms with van der Waals surface area (Å²) in [6, 6.07) is 1.14. The Morgan fingerprint density at radius 3 is 2.23 bits per heavy atom. The van der Waals surface area contributed by atoms with E-state index in [0.717, 1.165) is 31.7 Å². The maximum atomic E-state index is 10.2. The fourth-order valence-corrected chi connectivity index (χ4v) is 2.67. The van der Waals surface area contributed by atoms with Crippen molar-refractivity contribution in [1.82, 2.24) is 0 Å². The van der Waals surface area contributed by atoms with Crippen molar-refractivity contribution in [3.8, 4) is 0 Å². The molecule has 0 aliphatic rings. The average molecular weight is 223 g/mol. The van der Waals surface area contributed by atoms with Crippen molar-refractivity contribution < 1.29 is 9.90 Å². The number of hydrogen-bond donors (Lipinski definition) is 1. The smallest absolute Gasteiger partial charge is 0.303 e. The van der Waals surface area contributed by atoms with Gasteiger partial charge in [-0.25, -0.2) is 0 Å². The van der Waals surface area contributed by atoms with Crippen molar-refractivity contribution in [2.75, 3.05) is 0 Å². The van der Waals surface area contributed by atoms with E-state index in [0.29, 0.717) is 6.42 Å². The first kappa shape index (κ1) is 13.0. The summed E-state index contributed by atoms with van der Waals surface area (Å²) >= 11 is 6.14. The van der Waals surface area contributed by atoms with Gasteiger partial charge in [-0.15, -0.1) is 0 Å². The minimum absolute atomic E-state index is 0.307. The van der Waals surface area contributed by atoms with Gasteiger partial charge in [-0.05, 0) is 12.5 Å². The molecule has 0 radical (unpaired) electrons. The standard InChI is InChI=1S/C9H19ClO2Si/c1-13(2,10)8-6-4-3-5-7-9(11)12/h3-8H2,1-2H3,(H,11,12). The van der Waals surface area contributed by atoms with E-state index in [1.165, 1.54) is 0 Å². The van der Waals surface area contributed by atoms with Gasteiger partial charge in [0.1, 0.15) is 7.38 Å². The van der Waals surface area contributed by atoms with E-state index >= 15 is 0 Å². The summed E-state index contributed by atoms with van der Waals surface area (Å²) in [5, 5.41) is 8.39. The molecule has 0 rings (SSSR count). The van der Waals surface area contributed by atoms with E-state index in [1.54, 1.807) is 0 Å². The molecular weight excluding hydrogens is 204 g/mol. The molecule has 0 saturated carbocycles. The highest BCUT2D eigenvalue weighted by Gasteiger charge is 2.15. The van der Waals surface area contributed by atoms with Gasteiger partial charge >= 0.3 is 5.97 Å². The van der Waals surface area contributed by atoms with E-state index in [-0.39, 0.29) is 0 Å². The van der Waals surface area contributed by atoms with E-state index in [9.17, 15) is 4.79 Å². The van der Waals surface area contributed by atoms with Gasteiger partial charge in [0.2, 0.25) is 0 Å². The topological polar surface area (TPSA) is 37.3 Å². The van der Waals surface area contributed by atoms with Crippen LogP contribution in [-0.2, 0) is 4.79 Å². The fourth-order valence-electron chi connectivity index (χ4n) is 1.18. The normalized spacial score (nSPS) is 11.6. The van der Waals surface area contributed by atoms with Gasteiger partial charge in [-0.1, -0.05) is 32.4 Å². The summed E-state index contributed by atoms with van der Waals surface area (Å²) in [7, 11) is -1.38. The Morgan fingerprint density at radius 2 is 1.77 bits per heavy atom. The second-order valence-electron chi connectivity index (χ2n) is 4.03. The Morgan fingerprint density at radius 1 is 1.23 bits per heavy atom. The molecule has 0 unspecified atom stereocenters. The number of halogens is 1. The van der Waals surface area contributed by atoms with Crippen molar-refractivity contribution in [1.29, 1.82) is 0 Å². The second kappa shape index (κ2) is 6.43. The van der Waals surface area contributed by atoms with Crippen LogP contribution in [0.5, 0.6) is 0 Å². The zero-order valence-electron chi connectivity index (χ0n) is 8.48. The van der Waals surface area contributed by atoms with Crippen LogP contribution in [-0.4, -0.2) is 18.5 Å². The third kappa shape index (κ3) is 12.0. The third-order valence-corrected chi connectivity index (χ3v) is 4.02. The molecule has 13 heavy (non-hydrogen) atoms. The summed E-state index contributed by atoms with van der Waals surface area (Å²) in [5.41, 5.74) is 0. The lowest BCUT2D eigenvalue weighted by molar-refractivity contribution is -0.137. The lowest BCUT2D eigenvalue weighted by atomic mass is 10.2. The molecule has 1 N–H and O–H groups in total. The summed E-state index contributed by atoms with van der Waals surface area (Å²) in [6.45, 7) is 4.29. The highest BCUT2D eigenvalue weighted by atomic mass is 35.6. The average Bonchev–Trinajstić information content (AvgIpc) is 1.93. The van der Waals surface area contributed by atoms with Gasteiger partial charge in [-0.2, -0.15) is 11.1 Å². The summed E-state index contributed by atoms with van der Waals surface area (Å²) in [4.78, 5) is 10.2. The number of carboxylic acids is 1. The van der Waals surface area contributed by atoms with Crippen LogP contribution in [0.1, 0.15) is 32.1 Å². The number of carbonyl (C=O) groups is 1. The van der Waals surface area contributed by atoms with Crippen molar-refractivity contribution in [2.45, 2.75) is 51.2 Å². The maximum absolute atomic E-state index is 10.2. The van der Waals surface area contributed by atoms with E-state index in [2.05, 4.69) is 13.1 Å². The zero-order chi connectivity index (χ0) is 10.3. The molecule has 0 aliphatic heterocycles. The SMILES string of the molecule is C[Si](C)(Cl)CCCCCCC(=O)O. The molecule has 0 aromatic rings. The van der Waals surface area contributed by atoms with Gasteiger partial charge in [0.15, 0.2) is 0 Å². The third-order valence-electron chi connectivity index (χ3n) is 1.91. The first-order valence-electron chi connectivity index (χ1n) is 4.82. The Labute approximate surface area is 86.0 Å². The molecule has 4 heteroatoms. The highest BCUT2D eigenvalue weighted by molar-refractivity contribution is 7.19. The predicted octanol–water partition coefficient (Wildman–Crippen LogP) is 3.47. The van der Waals surface area contributed by atoms with Crippen LogP contribution in [0.25, 0.3) is 0 Å². The molecule has 78 valence electrons. The number of carboxylic acid groups (broad SMARTS) is 1. The molecule has 0 heterocycles. The molecule has 0 spiro atoms. The van der Waals surface area contributed by atoms with Crippen LogP contribution in [0, 0.1) is 0 Å². The van der Waals surface area contributed by atoms with E-state index < -0.39 is 13.4 Å². The quantitative estimate of drug-likeness (QED) is 0.407. The number of aliphatic carboxylic acids is 1. The molecule has 0 saturated heterocycles. The Hall–Kier alpha value is -0.0231. The second-order valence-corrected chi connectivity index (χ2v) is 11.0. The first-order chi connectivity index (χ1) is 5.92. The molecule has 0 atom stereocenters. The lowest BCUT2D eigenvalue weighted by Gasteiger charge is -2.11. The summed E-state index contributed by atoms with van der Waals surface area (Å²) < 4.78 is 0. The van der Waals surface area contributed by atoms with Crippen LogP contribution >= 0.6 is 11.1 Å². The molecule has 0 aromatic heterocycles. The lowest BCUT2D eigenvalue weighted by Crippen LogP contribution is -2.14. The van der Waals surface area contributed by atoms with Crippen molar-refractivity contribution >= 4 is 24.4 Å². The Bertz CT molecular complexity index is 154. The van der Waals surface area contributed by atoms with Gasteiger partial charge in [-0.3, -0.25) is 4.79 Å². The monoisotopic (exact) mass is 222 g/mol. The van der Waals surface area contributed by atoms with Crippen LogP contribution in [0.15, 0.2) is 0 Å². The minimum Gasteiger partial charge on any atom is -0.481 e. The van der Waals surface area contributed by atoms with Crippen molar-refractivity contribution in [2.24, 2.45) is 0 Å². The summed E-state index contributed by atoms with van der Waals surface area (Å²) in [5.74, 6) is -0.688. The molecular formula is C9H19ClO2Si. The molecule has 0 aromatic carbocycles. The molecule has 0 bridgehead atoms. The molecule has 0 fully saturated rings. The van der Waals surface area contributed by atoms with Gasteiger partial charge in [0.25, 0.3) is 0 Å². The zero-order valence-corrected chi connectivity index (χ0v) is 10.2. The number of rotatable bonds is 7. The van der Waals surface area contributed by atoms with Crippen molar-refractivity contribution in [3.63, 3.8) is 0 Å². The molecule has 2 nitrogen and oxygen atoms in total. The first-order valence-corrected chi connectivity index (χ1v) is 9.04. The van der Waals surface area contributed by atoms with Crippen LogP contribution in [0.4, 0.5) is 0 Å². The van der Waals surface area contributed by atoms with Crippen molar-refractivity contribution in [3.05, 3.63) is 0 Å². The largest absolute Gasteiger partial charge is 0.481 e. The van der Waals surface area contributed by atoms with Gasteiger partial charge < -0.3 is 5.11 Å². The Kier molecular flexibility index (Phi) is 6.42. The fraction of sp³-hybridized carbons (Fsp3) is 0.889. The van der Waals surface area contributed by atoms with Crippen LogP contribution < -0.4 is 0 Å². The highest BCUT2D eigenvalue weighted by Crippen LogP contribution is 2.18.